The largest absolute Gasteiger partial charge is 0.507 e. The van der Waals surface area contributed by atoms with E-state index in [1.165, 1.54) is 16.0 Å². The third kappa shape index (κ3) is 4.29. The van der Waals surface area contributed by atoms with Crippen LogP contribution in [0.4, 0.5) is 0 Å². The van der Waals surface area contributed by atoms with Gasteiger partial charge in [0.2, 0.25) is 0 Å². The molecule has 29 heavy (non-hydrogen) atoms. The molecule has 1 fully saturated rings. The van der Waals surface area contributed by atoms with Gasteiger partial charge in [0, 0.05) is 16.1 Å². The second-order valence-corrected chi connectivity index (χ2v) is 7.80. The molecule has 1 saturated heterocycles. The van der Waals surface area contributed by atoms with E-state index in [2.05, 4.69) is 36.4 Å². The molecule has 0 saturated carbocycles. The average molecular weight is 408 g/mol. The number of amides is 1. The van der Waals surface area contributed by atoms with E-state index in [0.29, 0.717) is 18.7 Å². The summed E-state index contributed by atoms with van der Waals surface area (Å²) >= 11 is 6.10. The zero-order valence-corrected chi connectivity index (χ0v) is 16.8. The van der Waals surface area contributed by atoms with Gasteiger partial charge in [-0.15, -0.1) is 0 Å². The van der Waals surface area contributed by atoms with E-state index in [-0.39, 0.29) is 17.7 Å². The molecule has 0 aliphatic carbocycles. The molecule has 1 aliphatic heterocycles. The lowest BCUT2D eigenvalue weighted by Gasteiger charge is -2.37. The van der Waals surface area contributed by atoms with Crippen LogP contribution >= 0.6 is 11.6 Å². The number of carbonyl (C=O) groups excluding carboxylic acids is 1. The smallest absolute Gasteiger partial charge is 0.258 e. The summed E-state index contributed by atoms with van der Waals surface area (Å²) in [6.07, 6.45) is 0. The van der Waals surface area contributed by atoms with E-state index >= 15 is 0 Å². The van der Waals surface area contributed by atoms with Crippen LogP contribution in [-0.4, -0.2) is 42.1 Å². The molecule has 3 aromatic rings. The zero-order chi connectivity index (χ0) is 20.2. The van der Waals surface area contributed by atoms with Gasteiger partial charge in [-0.3, -0.25) is 4.79 Å². The van der Waals surface area contributed by atoms with Crippen LogP contribution in [0.2, 0.25) is 5.02 Å². The highest BCUT2D eigenvalue weighted by Gasteiger charge is 2.32. The molecule has 0 radical (unpaired) electrons. The Morgan fingerprint density at radius 3 is 2.10 bits per heavy atom. The molecular formula is C24H24ClN2O2+. The fourth-order valence-electron chi connectivity index (χ4n) is 4.08. The standard InChI is InChI=1S/C24H23ClN2O2/c25-20-12-10-19(11-13-20)23(18-6-2-1-3-7-18)26-14-16-27(17-15-26)24(29)21-8-4-5-9-22(21)28/h1-13,23,28H,14-17H2/p+1/t23-/m1/s1. The molecule has 1 atom stereocenters. The molecule has 1 aliphatic rings. The summed E-state index contributed by atoms with van der Waals surface area (Å²) in [7, 11) is 0. The van der Waals surface area contributed by atoms with Crippen molar-refractivity contribution >= 4 is 17.5 Å². The van der Waals surface area contributed by atoms with Crippen LogP contribution in [0.15, 0.2) is 78.9 Å². The van der Waals surface area contributed by atoms with Crippen LogP contribution in [-0.2, 0) is 0 Å². The number of phenols is 1. The van der Waals surface area contributed by atoms with Crippen molar-refractivity contribution in [2.45, 2.75) is 6.04 Å². The maximum absolute atomic E-state index is 12.8. The van der Waals surface area contributed by atoms with Gasteiger partial charge in [0.25, 0.3) is 5.91 Å². The molecule has 0 spiro atoms. The van der Waals surface area contributed by atoms with E-state index in [9.17, 15) is 9.90 Å². The molecule has 1 amide bonds. The molecule has 0 unspecified atom stereocenters. The molecule has 0 aromatic heterocycles. The third-order valence-corrected chi connectivity index (χ3v) is 5.82. The van der Waals surface area contributed by atoms with Gasteiger partial charge in [0.1, 0.15) is 11.8 Å². The first-order valence-electron chi connectivity index (χ1n) is 9.86. The normalized spacial score (nSPS) is 15.8. The molecule has 0 bridgehead atoms. The Kier molecular flexibility index (Phi) is 5.84. The van der Waals surface area contributed by atoms with E-state index in [1.807, 2.05) is 23.1 Å². The number of piperazine rings is 1. The SMILES string of the molecule is O=C(c1ccccc1O)N1CC[NH+]([C@H](c2ccccc2)c2ccc(Cl)cc2)CC1. The minimum Gasteiger partial charge on any atom is -0.507 e. The predicted molar refractivity (Wildman–Crippen MR) is 114 cm³/mol. The third-order valence-electron chi connectivity index (χ3n) is 5.57. The first-order chi connectivity index (χ1) is 14.1. The number of rotatable bonds is 4. The highest BCUT2D eigenvalue weighted by Crippen LogP contribution is 2.22. The molecule has 148 valence electrons. The first-order valence-corrected chi connectivity index (χ1v) is 10.2. The monoisotopic (exact) mass is 407 g/mol. The number of phenolic OH excluding ortho intramolecular Hbond substituents is 1. The van der Waals surface area contributed by atoms with Gasteiger partial charge in [0.05, 0.1) is 31.7 Å². The lowest BCUT2D eigenvalue weighted by molar-refractivity contribution is -0.929. The number of hydrogen-bond acceptors (Lipinski definition) is 2. The number of nitrogens with zero attached hydrogens (tertiary/aromatic N) is 1. The van der Waals surface area contributed by atoms with E-state index in [1.54, 1.807) is 24.3 Å². The summed E-state index contributed by atoms with van der Waals surface area (Å²) in [5.74, 6) is -0.0690. The van der Waals surface area contributed by atoms with Crippen molar-refractivity contribution < 1.29 is 14.8 Å². The van der Waals surface area contributed by atoms with Gasteiger partial charge in [0.15, 0.2) is 0 Å². The second kappa shape index (κ2) is 8.68. The van der Waals surface area contributed by atoms with Crippen LogP contribution in [0.25, 0.3) is 0 Å². The topological polar surface area (TPSA) is 45.0 Å². The molecule has 5 heteroatoms. The lowest BCUT2D eigenvalue weighted by Crippen LogP contribution is -3.15. The Hall–Kier alpha value is -2.82. The Morgan fingerprint density at radius 1 is 0.862 bits per heavy atom. The Balaban J connectivity index is 1.53. The number of benzene rings is 3. The van der Waals surface area contributed by atoms with Crippen molar-refractivity contribution in [3.63, 3.8) is 0 Å². The minimum absolute atomic E-state index is 0.0376. The number of halogens is 1. The van der Waals surface area contributed by atoms with Crippen LogP contribution in [0.3, 0.4) is 0 Å². The second-order valence-electron chi connectivity index (χ2n) is 7.36. The zero-order valence-electron chi connectivity index (χ0n) is 16.1. The van der Waals surface area contributed by atoms with Gasteiger partial charge in [-0.1, -0.05) is 66.2 Å². The number of nitrogens with one attached hydrogen (secondary N) is 1. The minimum atomic E-state index is -0.107. The van der Waals surface area contributed by atoms with Gasteiger partial charge < -0.3 is 14.9 Å². The van der Waals surface area contributed by atoms with Gasteiger partial charge in [-0.05, 0) is 24.3 Å². The summed E-state index contributed by atoms with van der Waals surface area (Å²) < 4.78 is 0. The first kappa shape index (κ1) is 19.5. The van der Waals surface area contributed by atoms with Gasteiger partial charge >= 0.3 is 0 Å². The van der Waals surface area contributed by atoms with Gasteiger partial charge in [-0.2, -0.15) is 0 Å². The van der Waals surface area contributed by atoms with Crippen molar-refractivity contribution in [2.24, 2.45) is 0 Å². The molecule has 3 aromatic carbocycles. The molecule has 2 N–H and O–H groups in total. The highest BCUT2D eigenvalue weighted by molar-refractivity contribution is 6.30. The maximum atomic E-state index is 12.8. The summed E-state index contributed by atoms with van der Waals surface area (Å²) in [5, 5.41) is 10.7. The van der Waals surface area contributed by atoms with Crippen LogP contribution < -0.4 is 4.90 Å². The van der Waals surface area contributed by atoms with Crippen molar-refractivity contribution in [1.29, 1.82) is 0 Å². The van der Waals surface area contributed by atoms with Gasteiger partial charge in [-0.25, -0.2) is 0 Å². The van der Waals surface area contributed by atoms with Crippen LogP contribution in [0, 0.1) is 0 Å². The average Bonchev–Trinajstić information content (AvgIpc) is 2.76. The Labute approximate surface area is 176 Å². The highest BCUT2D eigenvalue weighted by atomic mass is 35.5. The van der Waals surface area contributed by atoms with Crippen molar-refractivity contribution in [3.05, 3.63) is 101 Å². The van der Waals surface area contributed by atoms with Crippen molar-refractivity contribution in [3.8, 4) is 5.75 Å². The van der Waals surface area contributed by atoms with E-state index < -0.39 is 0 Å². The summed E-state index contributed by atoms with van der Waals surface area (Å²) in [5.41, 5.74) is 2.84. The number of carbonyl (C=O) groups is 1. The molecule has 1 heterocycles. The maximum Gasteiger partial charge on any atom is 0.258 e. The number of para-hydroxylation sites is 1. The number of hydrogen-bond donors (Lipinski definition) is 2. The lowest BCUT2D eigenvalue weighted by atomic mass is 9.96. The Bertz CT molecular complexity index is 968. The fourth-order valence-corrected chi connectivity index (χ4v) is 4.20. The summed E-state index contributed by atoms with van der Waals surface area (Å²) in [6, 6.07) is 25.5. The molecular weight excluding hydrogens is 384 g/mol. The number of quaternary nitrogens is 1. The fraction of sp³-hybridized carbons (Fsp3) is 0.208. The van der Waals surface area contributed by atoms with Crippen LogP contribution in [0.1, 0.15) is 27.5 Å². The summed E-state index contributed by atoms with van der Waals surface area (Å²) in [4.78, 5) is 16.1. The quantitative estimate of drug-likeness (QED) is 0.697. The predicted octanol–water partition coefficient (Wildman–Crippen LogP) is 3.18. The Morgan fingerprint density at radius 2 is 1.45 bits per heavy atom. The number of aromatic hydroxyl groups is 1. The molecule has 4 nitrogen and oxygen atoms in total. The van der Waals surface area contributed by atoms with E-state index in [4.69, 9.17) is 11.6 Å². The molecule has 4 rings (SSSR count). The van der Waals surface area contributed by atoms with Crippen LogP contribution in [0.5, 0.6) is 5.75 Å². The van der Waals surface area contributed by atoms with Crippen molar-refractivity contribution in [1.82, 2.24) is 4.90 Å². The van der Waals surface area contributed by atoms with E-state index in [0.717, 1.165) is 18.1 Å². The van der Waals surface area contributed by atoms with Crippen molar-refractivity contribution in [2.75, 3.05) is 26.2 Å². The summed E-state index contributed by atoms with van der Waals surface area (Å²) in [6.45, 7) is 2.97.